The average Bonchev–Trinajstić information content (AvgIpc) is 2.53. The lowest BCUT2D eigenvalue weighted by Crippen LogP contribution is -2.55. The van der Waals surface area contributed by atoms with E-state index in [0.29, 0.717) is 17.4 Å². The Bertz CT molecular complexity index is 505. The number of nitrogens with two attached hydrogens (primary N) is 1. The zero-order valence-electron chi connectivity index (χ0n) is 11.4. The lowest BCUT2D eigenvalue weighted by Gasteiger charge is -2.44. The van der Waals surface area contributed by atoms with Crippen LogP contribution in [0.1, 0.15) is 24.8 Å². The van der Waals surface area contributed by atoms with Gasteiger partial charge in [0.15, 0.2) is 11.7 Å². The molecule has 0 spiro atoms. The zero-order chi connectivity index (χ0) is 13.9. The third-order valence-electron chi connectivity index (χ3n) is 4.22. The highest BCUT2D eigenvalue weighted by Crippen LogP contribution is 2.25. The van der Waals surface area contributed by atoms with E-state index >= 15 is 0 Å². The summed E-state index contributed by atoms with van der Waals surface area (Å²) in [5.74, 6) is 0.800. The number of aromatic nitrogens is 2. The van der Waals surface area contributed by atoms with Crippen LogP contribution in [0.25, 0.3) is 0 Å². The summed E-state index contributed by atoms with van der Waals surface area (Å²) in [5, 5.41) is 20.1. The van der Waals surface area contributed by atoms with E-state index in [1.54, 1.807) is 12.3 Å². The predicted molar refractivity (Wildman–Crippen MR) is 76.0 cm³/mol. The van der Waals surface area contributed by atoms with E-state index in [1.165, 1.54) is 25.8 Å². The molecule has 20 heavy (non-hydrogen) atoms. The van der Waals surface area contributed by atoms with E-state index in [1.807, 2.05) is 0 Å². The molecule has 0 bridgehead atoms. The van der Waals surface area contributed by atoms with Gasteiger partial charge in [-0.3, -0.25) is 4.90 Å². The molecule has 1 aromatic rings. The Labute approximate surface area is 118 Å². The molecule has 7 nitrogen and oxygen atoms in total. The number of piperidine rings is 1. The Morgan fingerprint density at radius 3 is 3.10 bits per heavy atom. The summed E-state index contributed by atoms with van der Waals surface area (Å²) in [7, 11) is 0. The van der Waals surface area contributed by atoms with Gasteiger partial charge in [-0.25, -0.2) is 0 Å². The first kappa shape index (κ1) is 13.1. The molecule has 1 aromatic heterocycles. The van der Waals surface area contributed by atoms with Crippen molar-refractivity contribution in [2.75, 3.05) is 31.1 Å². The maximum absolute atomic E-state index is 8.89. The van der Waals surface area contributed by atoms with Crippen molar-refractivity contribution in [2.24, 2.45) is 10.9 Å². The number of oxime groups is 1. The number of anilines is 1. The van der Waals surface area contributed by atoms with Gasteiger partial charge in [0.05, 0.1) is 11.8 Å². The van der Waals surface area contributed by atoms with Crippen LogP contribution in [-0.2, 0) is 0 Å². The molecule has 0 aromatic carbocycles. The average molecular weight is 276 g/mol. The second-order valence-electron chi connectivity index (χ2n) is 5.39. The van der Waals surface area contributed by atoms with Gasteiger partial charge < -0.3 is 15.8 Å². The quantitative estimate of drug-likeness (QED) is 0.348. The van der Waals surface area contributed by atoms with Gasteiger partial charge in [-0.2, -0.15) is 5.10 Å². The van der Waals surface area contributed by atoms with Crippen LogP contribution in [-0.4, -0.2) is 58.4 Å². The molecule has 2 aliphatic rings. The summed E-state index contributed by atoms with van der Waals surface area (Å²) >= 11 is 0. The number of fused-ring (bicyclic) bond motifs is 1. The van der Waals surface area contributed by atoms with E-state index < -0.39 is 0 Å². The Morgan fingerprint density at radius 1 is 1.35 bits per heavy atom. The molecule has 0 saturated carbocycles. The van der Waals surface area contributed by atoms with Crippen molar-refractivity contribution in [1.29, 1.82) is 0 Å². The molecule has 108 valence electrons. The van der Waals surface area contributed by atoms with Crippen LogP contribution in [0.5, 0.6) is 0 Å². The van der Waals surface area contributed by atoms with E-state index in [0.717, 1.165) is 19.6 Å². The summed E-state index contributed by atoms with van der Waals surface area (Å²) < 4.78 is 0. The standard InChI is InChI=1S/C13H20N6O/c14-12(17-20)11-4-5-15-16-13(11)19-8-7-18-6-2-1-3-10(18)9-19/h4-5,10,20H,1-3,6-9H2,(H2,14,17). The zero-order valence-corrected chi connectivity index (χ0v) is 11.4. The maximum Gasteiger partial charge on any atom is 0.173 e. The topological polar surface area (TPSA) is 90.9 Å². The van der Waals surface area contributed by atoms with Crippen LogP contribution >= 0.6 is 0 Å². The first-order valence-corrected chi connectivity index (χ1v) is 7.08. The SMILES string of the molecule is N/C(=N/O)c1ccnnc1N1CCN2CCCCC2C1. The van der Waals surface area contributed by atoms with Crippen LogP contribution in [0, 0.1) is 0 Å². The van der Waals surface area contributed by atoms with Gasteiger partial charge in [-0.05, 0) is 25.5 Å². The molecular formula is C13H20N6O. The monoisotopic (exact) mass is 276 g/mol. The second kappa shape index (κ2) is 5.62. The molecule has 2 saturated heterocycles. The van der Waals surface area contributed by atoms with Crippen molar-refractivity contribution in [3.63, 3.8) is 0 Å². The smallest absolute Gasteiger partial charge is 0.173 e. The highest BCUT2D eigenvalue weighted by molar-refractivity contribution is 6.01. The molecule has 1 atom stereocenters. The summed E-state index contributed by atoms with van der Waals surface area (Å²) in [6, 6.07) is 2.32. The van der Waals surface area contributed by atoms with Crippen molar-refractivity contribution in [3.05, 3.63) is 17.8 Å². The molecule has 0 amide bonds. The summed E-state index contributed by atoms with van der Waals surface area (Å²) in [6.45, 7) is 4.08. The second-order valence-corrected chi connectivity index (χ2v) is 5.39. The first-order valence-electron chi connectivity index (χ1n) is 7.08. The summed E-state index contributed by atoms with van der Waals surface area (Å²) in [4.78, 5) is 4.76. The molecule has 2 fully saturated rings. The fraction of sp³-hybridized carbons (Fsp3) is 0.615. The molecule has 3 N–H and O–H groups in total. The van der Waals surface area contributed by atoms with Gasteiger partial charge in [0.25, 0.3) is 0 Å². The van der Waals surface area contributed by atoms with Gasteiger partial charge in [-0.1, -0.05) is 11.6 Å². The van der Waals surface area contributed by atoms with Crippen molar-refractivity contribution in [1.82, 2.24) is 15.1 Å². The molecule has 0 aliphatic carbocycles. The minimum atomic E-state index is 0.0842. The number of piperazine rings is 1. The first-order chi connectivity index (χ1) is 9.79. The van der Waals surface area contributed by atoms with Crippen molar-refractivity contribution in [2.45, 2.75) is 25.3 Å². The minimum Gasteiger partial charge on any atom is -0.409 e. The third kappa shape index (κ3) is 2.40. The normalized spacial score (nSPS) is 24.5. The number of amidine groups is 1. The van der Waals surface area contributed by atoms with Crippen LogP contribution in [0.3, 0.4) is 0 Å². The Hall–Kier alpha value is -1.89. The lowest BCUT2D eigenvalue weighted by molar-refractivity contribution is 0.133. The third-order valence-corrected chi connectivity index (χ3v) is 4.22. The van der Waals surface area contributed by atoms with Crippen molar-refractivity contribution in [3.8, 4) is 0 Å². The van der Waals surface area contributed by atoms with E-state index in [2.05, 4.69) is 25.2 Å². The Kier molecular flexibility index (Phi) is 3.68. The molecule has 0 radical (unpaired) electrons. The van der Waals surface area contributed by atoms with Crippen LogP contribution in [0.4, 0.5) is 5.82 Å². The van der Waals surface area contributed by atoms with Crippen LogP contribution < -0.4 is 10.6 Å². The summed E-state index contributed by atoms with van der Waals surface area (Å²) in [6.07, 6.45) is 5.39. The lowest BCUT2D eigenvalue weighted by atomic mass is 9.99. The van der Waals surface area contributed by atoms with Crippen LogP contribution in [0.15, 0.2) is 17.4 Å². The molecular weight excluding hydrogens is 256 g/mol. The number of rotatable bonds is 2. The fourth-order valence-corrected chi connectivity index (χ4v) is 3.16. The highest BCUT2D eigenvalue weighted by atomic mass is 16.4. The molecule has 7 heteroatoms. The summed E-state index contributed by atoms with van der Waals surface area (Å²) in [5.41, 5.74) is 6.37. The maximum atomic E-state index is 8.89. The highest BCUT2D eigenvalue weighted by Gasteiger charge is 2.30. The predicted octanol–water partition coefficient (Wildman–Crippen LogP) is 0.246. The molecule has 1 unspecified atom stereocenters. The van der Waals surface area contributed by atoms with Gasteiger partial charge in [0.1, 0.15) is 0 Å². The van der Waals surface area contributed by atoms with Gasteiger partial charge in [-0.15, -0.1) is 5.10 Å². The Morgan fingerprint density at radius 2 is 2.25 bits per heavy atom. The number of nitrogens with zero attached hydrogens (tertiary/aromatic N) is 5. The van der Waals surface area contributed by atoms with E-state index in [9.17, 15) is 0 Å². The van der Waals surface area contributed by atoms with Gasteiger partial charge >= 0.3 is 0 Å². The van der Waals surface area contributed by atoms with Crippen molar-refractivity contribution < 1.29 is 5.21 Å². The molecule has 3 heterocycles. The number of hydrogen-bond acceptors (Lipinski definition) is 6. The van der Waals surface area contributed by atoms with E-state index in [4.69, 9.17) is 10.9 Å². The number of hydrogen-bond donors (Lipinski definition) is 2. The van der Waals surface area contributed by atoms with Gasteiger partial charge in [0.2, 0.25) is 0 Å². The molecule has 2 aliphatic heterocycles. The molecule has 3 rings (SSSR count). The fourth-order valence-electron chi connectivity index (χ4n) is 3.16. The Balaban J connectivity index is 1.83. The largest absolute Gasteiger partial charge is 0.409 e. The minimum absolute atomic E-state index is 0.0842. The van der Waals surface area contributed by atoms with Crippen molar-refractivity contribution >= 4 is 11.7 Å². The van der Waals surface area contributed by atoms with E-state index in [-0.39, 0.29) is 5.84 Å². The van der Waals surface area contributed by atoms with Crippen LogP contribution in [0.2, 0.25) is 0 Å². The van der Waals surface area contributed by atoms with Gasteiger partial charge in [0, 0.05) is 25.7 Å².